The summed E-state index contributed by atoms with van der Waals surface area (Å²) in [6.45, 7) is 6.29. The Bertz CT molecular complexity index is 266. The smallest absolute Gasteiger partial charge is 0.0795 e. The van der Waals surface area contributed by atoms with Gasteiger partial charge in [0.2, 0.25) is 0 Å². The topological polar surface area (TPSA) is 9.23 Å². The summed E-state index contributed by atoms with van der Waals surface area (Å²) in [6.07, 6.45) is 0.199. The summed E-state index contributed by atoms with van der Waals surface area (Å²) < 4.78 is 5.27. The Morgan fingerprint density at radius 3 is 2.50 bits per heavy atom. The van der Waals surface area contributed by atoms with Gasteiger partial charge in [-0.3, -0.25) is 0 Å². The van der Waals surface area contributed by atoms with Crippen LogP contribution in [0, 0.1) is 13.8 Å². The molecule has 0 fully saturated rings. The van der Waals surface area contributed by atoms with E-state index in [1.807, 2.05) is 0 Å². The lowest BCUT2D eigenvalue weighted by atomic mass is 10.0. The van der Waals surface area contributed by atoms with Crippen molar-refractivity contribution >= 4 is 0 Å². The fourth-order valence-electron chi connectivity index (χ4n) is 1.32. The quantitative estimate of drug-likeness (QED) is 0.653. The molecule has 1 rings (SSSR count). The van der Waals surface area contributed by atoms with E-state index in [0.717, 1.165) is 0 Å². The van der Waals surface area contributed by atoms with Gasteiger partial charge < -0.3 is 4.74 Å². The van der Waals surface area contributed by atoms with E-state index in [0.29, 0.717) is 0 Å². The lowest BCUT2D eigenvalue weighted by Crippen LogP contribution is -1.98. The zero-order valence-corrected chi connectivity index (χ0v) is 8.22. The minimum atomic E-state index is 0.199. The van der Waals surface area contributed by atoms with Crippen LogP contribution in [0.2, 0.25) is 0 Å². The van der Waals surface area contributed by atoms with Gasteiger partial charge in [0.15, 0.2) is 0 Å². The fourth-order valence-corrected chi connectivity index (χ4v) is 1.32. The zero-order chi connectivity index (χ0) is 9.14. The molecule has 0 aliphatic carbocycles. The third kappa shape index (κ3) is 1.86. The van der Waals surface area contributed by atoms with Gasteiger partial charge in [-0.25, -0.2) is 0 Å². The van der Waals surface area contributed by atoms with E-state index in [2.05, 4.69) is 39.0 Å². The average Bonchev–Trinajstić information content (AvgIpc) is 2.08. The second-order valence-corrected chi connectivity index (χ2v) is 3.24. The minimum Gasteiger partial charge on any atom is -0.377 e. The van der Waals surface area contributed by atoms with Crippen molar-refractivity contribution in [1.29, 1.82) is 0 Å². The Kier molecular flexibility index (Phi) is 2.88. The summed E-state index contributed by atoms with van der Waals surface area (Å²) in [5, 5.41) is 0. The molecule has 1 heteroatoms. The maximum atomic E-state index is 5.27. The van der Waals surface area contributed by atoms with Gasteiger partial charge in [0.1, 0.15) is 0 Å². The van der Waals surface area contributed by atoms with Gasteiger partial charge in [0.05, 0.1) is 6.10 Å². The second kappa shape index (κ2) is 3.72. The molecule has 0 N–H and O–H groups in total. The highest BCUT2D eigenvalue weighted by Gasteiger charge is 2.06. The molecule has 12 heavy (non-hydrogen) atoms. The van der Waals surface area contributed by atoms with E-state index in [-0.39, 0.29) is 6.10 Å². The lowest BCUT2D eigenvalue weighted by Gasteiger charge is -2.13. The molecule has 0 aliphatic heterocycles. The highest BCUT2D eigenvalue weighted by atomic mass is 16.5. The molecule has 1 atom stereocenters. The van der Waals surface area contributed by atoms with Crippen molar-refractivity contribution in [2.45, 2.75) is 26.9 Å². The summed E-state index contributed by atoms with van der Waals surface area (Å²) in [4.78, 5) is 0. The van der Waals surface area contributed by atoms with Crippen molar-refractivity contribution in [1.82, 2.24) is 0 Å². The van der Waals surface area contributed by atoms with Gasteiger partial charge in [-0.05, 0) is 31.9 Å². The number of aryl methyl sites for hydroxylation is 2. The van der Waals surface area contributed by atoms with Crippen molar-refractivity contribution in [3.63, 3.8) is 0 Å². The van der Waals surface area contributed by atoms with Crippen LogP contribution in [0.25, 0.3) is 0 Å². The van der Waals surface area contributed by atoms with Crippen LogP contribution in [0.1, 0.15) is 29.7 Å². The van der Waals surface area contributed by atoms with Gasteiger partial charge in [0.25, 0.3) is 0 Å². The van der Waals surface area contributed by atoms with Crippen LogP contribution < -0.4 is 0 Å². The van der Waals surface area contributed by atoms with E-state index in [1.165, 1.54) is 16.7 Å². The van der Waals surface area contributed by atoms with Crippen LogP contribution in [0.5, 0.6) is 0 Å². The molecule has 1 nitrogen and oxygen atoms in total. The molecule has 0 radical (unpaired) electrons. The van der Waals surface area contributed by atoms with E-state index in [4.69, 9.17) is 4.74 Å². The van der Waals surface area contributed by atoms with Gasteiger partial charge in [-0.2, -0.15) is 0 Å². The Labute approximate surface area is 74.4 Å². The summed E-state index contributed by atoms with van der Waals surface area (Å²) in [7, 11) is 1.74. The summed E-state index contributed by atoms with van der Waals surface area (Å²) in [6, 6.07) is 6.45. The molecule has 0 heterocycles. The molecule has 1 aromatic carbocycles. The van der Waals surface area contributed by atoms with Crippen molar-refractivity contribution in [2.24, 2.45) is 0 Å². The molecule has 0 saturated heterocycles. The van der Waals surface area contributed by atoms with Crippen LogP contribution in [0.3, 0.4) is 0 Å². The molecule has 66 valence electrons. The van der Waals surface area contributed by atoms with E-state index in [1.54, 1.807) is 7.11 Å². The molecule has 0 bridgehead atoms. The molecule has 0 spiro atoms. The number of hydrogen-bond acceptors (Lipinski definition) is 1. The third-order valence-corrected chi connectivity index (χ3v) is 2.23. The molecule has 0 aliphatic rings. The van der Waals surface area contributed by atoms with Crippen molar-refractivity contribution in [3.8, 4) is 0 Å². The minimum absolute atomic E-state index is 0.199. The van der Waals surface area contributed by atoms with E-state index in [9.17, 15) is 0 Å². The van der Waals surface area contributed by atoms with E-state index >= 15 is 0 Å². The van der Waals surface area contributed by atoms with Crippen LogP contribution in [-0.4, -0.2) is 7.11 Å². The van der Waals surface area contributed by atoms with E-state index < -0.39 is 0 Å². The molecular weight excluding hydrogens is 148 g/mol. The Morgan fingerprint density at radius 2 is 1.92 bits per heavy atom. The molecule has 0 aromatic heterocycles. The number of hydrogen-bond donors (Lipinski definition) is 0. The summed E-state index contributed by atoms with van der Waals surface area (Å²) in [5.74, 6) is 0. The number of ether oxygens (including phenoxy) is 1. The SMILES string of the molecule is COC(C)c1cc(C)ccc1C. The van der Waals surface area contributed by atoms with Gasteiger partial charge >= 0.3 is 0 Å². The monoisotopic (exact) mass is 164 g/mol. The molecule has 1 aromatic rings. The van der Waals surface area contributed by atoms with Gasteiger partial charge in [-0.1, -0.05) is 23.8 Å². The third-order valence-electron chi connectivity index (χ3n) is 2.23. The fraction of sp³-hybridized carbons (Fsp3) is 0.455. The predicted octanol–water partition coefficient (Wildman–Crippen LogP) is 3.01. The van der Waals surface area contributed by atoms with Crippen LogP contribution in [0.4, 0.5) is 0 Å². The standard InChI is InChI=1S/C11H16O/c1-8-5-6-9(2)11(7-8)10(3)12-4/h5-7,10H,1-4H3. The van der Waals surface area contributed by atoms with Crippen molar-refractivity contribution < 1.29 is 4.74 Å². The summed E-state index contributed by atoms with van der Waals surface area (Å²) in [5.41, 5.74) is 3.88. The molecule has 0 saturated carbocycles. The highest BCUT2D eigenvalue weighted by Crippen LogP contribution is 2.20. The molecular formula is C11H16O. The van der Waals surface area contributed by atoms with Crippen LogP contribution in [-0.2, 0) is 4.74 Å². The Morgan fingerprint density at radius 1 is 1.25 bits per heavy atom. The first-order chi connectivity index (χ1) is 5.65. The first kappa shape index (κ1) is 9.27. The number of rotatable bonds is 2. The highest BCUT2D eigenvalue weighted by molar-refractivity contribution is 5.31. The van der Waals surface area contributed by atoms with Crippen LogP contribution >= 0.6 is 0 Å². The Balaban J connectivity index is 3.04. The molecule has 0 amide bonds. The Hall–Kier alpha value is -0.820. The summed E-state index contributed by atoms with van der Waals surface area (Å²) >= 11 is 0. The molecule has 1 unspecified atom stereocenters. The largest absolute Gasteiger partial charge is 0.377 e. The number of methoxy groups -OCH3 is 1. The number of benzene rings is 1. The first-order valence-electron chi connectivity index (χ1n) is 4.25. The van der Waals surface area contributed by atoms with Gasteiger partial charge in [-0.15, -0.1) is 0 Å². The maximum absolute atomic E-state index is 5.27. The first-order valence-corrected chi connectivity index (χ1v) is 4.25. The second-order valence-electron chi connectivity index (χ2n) is 3.24. The van der Waals surface area contributed by atoms with Crippen molar-refractivity contribution in [3.05, 3.63) is 34.9 Å². The lowest BCUT2D eigenvalue weighted by molar-refractivity contribution is 0.119. The zero-order valence-electron chi connectivity index (χ0n) is 8.22. The average molecular weight is 164 g/mol. The predicted molar refractivity (Wildman–Crippen MR) is 51.3 cm³/mol. The normalized spacial score (nSPS) is 13.0. The van der Waals surface area contributed by atoms with Gasteiger partial charge in [0, 0.05) is 7.11 Å². The van der Waals surface area contributed by atoms with Crippen LogP contribution in [0.15, 0.2) is 18.2 Å². The van der Waals surface area contributed by atoms with Crippen molar-refractivity contribution in [2.75, 3.05) is 7.11 Å². The maximum Gasteiger partial charge on any atom is 0.0795 e.